The standard InChI is InChI=1S/C14H20N2O/c1-2-13(16-9-3-4-10-16)14(17)11-5-7-12(15)8-6-11/h5-8,13H,2-4,9-10,15H2,1H3. The van der Waals surface area contributed by atoms with E-state index >= 15 is 0 Å². The maximum absolute atomic E-state index is 12.4. The van der Waals surface area contributed by atoms with Gasteiger partial charge in [-0.3, -0.25) is 9.69 Å². The second kappa shape index (κ2) is 5.32. The molecule has 1 heterocycles. The van der Waals surface area contributed by atoms with Crippen molar-refractivity contribution in [3.8, 4) is 0 Å². The lowest BCUT2D eigenvalue weighted by Crippen LogP contribution is -2.38. The molecular weight excluding hydrogens is 212 g/mol. The number of likely N-dealkylation sites (tertiary alicyclic amines) is 1. The van der Waals surface area contributed by atoms with Crippen LogP contribution in [0.15, 0.2) is 24.3 Å². The summed E-state index contributed by atoms with van der Waals surface area (Å²) in [5.41, 5.74) is 7.12. The largest absolute Gasteiger partial charge is 0.399 e. The molecule has 1 aromatic carbocycles. The third-order valence-corrected chi connectivity index (χ3v) is 3.47. The number of rotatable bonds is 4. The van der Waals surface area contributed by atoms with Gasteiger partial charge in [-0.15, -0.1) is 0 Å². The van der Waals surface area contributed by atoms with E-state index in [1.165, 1.54) is 12.8 Å². The lowest BCUT2D eigenvalue weighted by atomic mass is 10.0. The molecule has 0 radical (unpaired) electrons. The lowest BCUT2D eigenvalue weighted by Gasteiger charge is -2.25. The number of nitrogen functional groups attached to an aromatic ring is 1. The van der Waals surface area contributed by atoms with E-state index in [9.17, 15) is 4.79 Å². The van der Waals surface area contributed by atoms with Crippen LogP contribution in [0, 0.1) is 0 Å². The summed E-state index contributed by atoms with van der Waals surface area (Å²) in [7, 11) is 0. The normalized spacial score (nSPS) is 18.2. The number of ketones is 1. The second-order valence-electron chi connectivity index (χ2n) is 4.65. The highest BCUT2D eigenvalue weighted by atomic mass is 16.1. The first kappa shape index (κ1) is 12.1. The zero-order chi connectivity index (χ0) is 12.3. The summed E-state index contributed by atoms with van der Waals surface area (Å²) in [6, 6.07) is 7.29. The van der Waals surface area contributed by atoms with Gasteiger partial charge in [-0.25, -0.2) is 0 Å². The van der Waals surface area contributed by atoms with Crippen LogP contribution >= 0.6 is 0 Å². The van der Waals surface area contributed by atoms with Crippen molar-refractivity contribution in [1.29, 1.82) is 0 Å². The molecular formula is C14H20N2O. The number of benzene rings is 1. The molecule has 2 N–H and O–H groups in total. The van der Waals surface area contributed by atoms with Crippen molar-refractivity contribution in [2.75, 3.05) is 18.8 Å². The first-order valence-electron chi connectivity index (χ1n) is 6.36. The molecule has 0 bridgehead atoms. The Bertz CT molecular complexity index is 380. The highest BCUT2D eigenvalue weighted by Gasteiger charge is 2.27. The monoisotopic (exact) mass is 232 g/mol. The number of nitrogens with two attached hydrogens (primary N) is 1. The average Bonchev–Trinajstić information content (AvgIpc) is 2.84. The molecule has 17 heavy (non-hydrogen) atoms. The molecule has 1 aliphatic heterocycles. The number of hydrogen-bond acceptors (Lipinski definition) is 3. The molecule has 1 atom stereocenters. The maximum Gasteiger partial charge on any atom is 0.179 e. The topological polar surface area (TPSA) is 46.3 Å². The molecule has 1 saturated heterocycles. The van der Waals surface area contributed by atoms with Crippen LogP contribution in [0.1, 0.15) is 36.5 Å². The molecule has 92 valence electrons. The molecule has 0 aliphatic carbocycles. The van der Waals surface area contributed by atoms with E-state index in [-0.39, 0.29) is 11.8 Å². The Morgan fingerprint density at radius 2 is 1.88 bits per heavy atom. The summed E-state index contributed by atoms with van der Waals surface area (Å²) < 4.78 is 0. The molecule has 0 saturated carbocycles. The molecule has 1 unspecified atom stereocenters. The minimum absolute atomic E-state index is 0.0427. The number of nitrogens with zero attached hydrogens (tertiary/aromatic N) is 1. The second-order valence-corrected chi connectivity index (χ2v) is 4.65. The van der Waals surface area contributed by atoms with E-state index in [0.29, 0.717) is 5.69 Å². The maximum atomic E-state index is 12.4. The van der Waals surface area contributed by atoms with Crippen LogP contribution in [0.5, 0.6) is 0 Å². The molecule has 2 rings (SSSR count). The van der Waals surface area contributed by atoms with Gasteiger partial charge in [-0.2, -0.15) is 0 Å². The molecule has 0 aromatic heterocycles. The van der Waals surface area contributed by atoms with Crippen molar-refractivity contribution in [2.24, 2.45) is 0 Å². The van der Waals surface area contributed by atoms with Crippen LogP contribution < -0.4 is 5.73 Å². The molecule has 0 spiro atoms. The predicted molar refractivity (Wildman–Crippen MR) is 70.1 cm³/mol. The zero-order valence-electron chi connectivity index (χ0n) is 10.4. The SMILES string of the molecule is CCC(C(=O)c1ccc(N)cc1)N1CCCC1. The van der Waals surface area contributed by atoms with Crippen molar-refractivity contribution < 1.29 is 4.79 Å². The Balaban J connectivity index is 2.13. The molecule has 3 nitrogen and oxygen atoms in total. The molecule has 0 amide bonds. The van der Waals surface area contributed by atoms with Crippen LogP contribution in [-0.2, 0) is 0 Å². The quantitative estimate of drug-likeness (QED) is 0.640. The van der Waals surface area contributed by atoms with Crippen molar-refractivity contribution >= 4 is 11.5 Å². The van der Waals surface area contributed by atoms with E-state index in [1.807, 2.05) is 12.1 Å². The third-order valence-electron chi connectivity index (χ3n) is 3.47. The lowest BCUT2D eigenvalue weighted by molar-refractivity contribution is 0.0844. The van der Waals surface area contributed by atoms with Crippen LogP contribution in [0.2, 0.25) is 0 Å². The molecule has 3 heteroatoms. The van der Waals surface area contributed by atoms with Crippen molar-refractivity contribution in [2.45, 2.75) is 32.2 Å². The van der Waals surface area contributed by atoms with Crippen LogP contribution in [0.4, 0.5) is 5.69 Å². The van der Waals surface area contributed by atoms with E-state index in [2.05, 4.69) is 11.8 Å². The molecule has 1 aromatic rings. The van der Waals surface area contributed by atoms with Gasteiger partial charge in [0.05, 0.1) is 6.04 Å². The Morgan fingerprint density at radius 3 is 2.41 bits per heavy atom. The minimum Gasteiger partial charge on any atom is -0.399 e. The third kappa shape index (κ3) is 2.67. The average molecular weight is 232 g/mol. The van der Waals surface area contributed by atoms with Gasteiger partial charge < -0.3 is 5.73 Å². The molecule has 1 fully saturated rings. The first-order valence-corrected chi connectivity index (χ1v) is 6.36. The van der Waals surface area contributed by atoms with Crippen molar-refractivity contribution in [1.82, 2.24) is 4.90 Å². The fraction of sp³-hybridized carbons (Fsp3) is 0.500. The zero-order valence-corrected chi connectivity index (χ0v) is 10.4. The smallest absolute Gasteiger partial charge is 0.179 e. The van der Waals surface area contributed by atoms with Gasteiger partial charge in [0.25, 0.3) is 0 Å². The van der Waals surface area contributed by atoms with Gasteiger partial charge in [-0.05, 0) is 56.6 Å². The van der Waals surface area contributed by atoms with Crippen molar-refractivity contribution in [3.63, 3.8) is 0 Å². The number of hydrogen-bond donors (Lipinski definition) is 1. The molecule has 1 aliphatic rings. The van der Waals surface area contributed by atoms with Gasteiger partial charge in [-0.1, -0.05) is 6.92 Å². The summed E-state index contributed by atoms with van der Waals surface area (Å²) in [5.74, 6) is 0.231. The van der Waals surface area contributed by atoms with Crippen molar-refractivity contribution in [3.05, 3.63) is 29.8 Å². The van der Waals surface area contributed by atoms with Gasteiger partial charge in [0.2, 0.25) is 0 Å². The Labute approximate surface area is 103 Å². The Kier molecular flexibility index (Phi) is 3.79. The highest BCUT2D eigenvalue weighted by molar-refractivity contribution is 6.00. The van der Waals surface area contributed by atoms with Crippen LogP contribution in [0.3, 0.4) is 0 Å². The van der Waals surface area contributed by atoms with Crippen LogP contribution in [-0.4, -0.2) is 29.8 Å². The van der Waals surface area contributed by atoms with Gasteiger partial charge >= 0.3 is 0 Å². The fourth-order valence-electron chi connectivity index (χ4n) is 2.50. The van der Waals surface area contributed by atoms with E-state index < -0.39 is 0 Å². The van der Waals surface area contributed by atoms with Gasteiger partial charge in [0.1, 0.15) is 0 Å². The number of Topliss-reactive ketones (excluding diaryl/α,β-unsaturated/α-hetero) is 1. The van der Waals surface area contributed by atoms with E-state index in [4.69, 9.17) is 5.73 Å². The Hall–Kier alpha value is -1.35. The van der Waals surface area contributed by atoms with E-state index in [0.717, 1.165) is 25.1 Å². The first-order chi connectivity index (χ1) is 8.22. The number of anilines is 1. The number of carbonyl (C=O) groups excluding carboxylic acids is 1. The predicted octanol–water partition coefficient (Wildman–Crippen LogP) is 2.33. The summed E-state index contributed by atoms with van der Waals surface area (Å²) >= 11 is 0. The summed E-state index contributed by atoms with van der Waals surface area (Å²) in [4.78, 5) is 14.7. The highest BCUT2D eigenvalue weighted by Crippen LogP contribution is 2.18. The van der Waals surface area contributed by atoms with Gasteiger partial charge in [0.15, 0.2) is 5.78 Å². The van der Waals surface area contributed by atoms with Gasteiger partial charge in [0, 0.05) is 11.3 Å². The van der Waals surface area contributed by atoms with Crippen LogP contribution in [0.25, 0.3) is 0 Å². The number of carbonyl (C=O) groups is 1. The summed E-state index contributed by atoms with van der Waals surface area (Å²) in [5, 5.41) is 0. The minimum atomic E-state index is 0.0427. The van der Waals surface area contributed by atoms with E-state index in [1.54, 1.807) is 12.1 Å². The fourth-order valence-corrected chi connectivity index (χ4v) is 2.50. The Morgan fingerprint density at radius 1 is 1.29 bits per heavy atom. The summed E-state index contributed by atoms with van der Waals surface area (Å²) in [6.45, 7) is 4.19. The summed E-state index contributed by atoms with van der Waals surface area (Å²) in [6.07, 6.45) is 3.31.